The summed E-state index contributed by atoms with van der Waals surface area (Å²) >= 11 is 0. The highest BCUT2D eigenvalue weighted by Crippen LogP contribution is 2.09. The Balaban J connectivity index is 2.13. The van der Waals surface area contributed by atoms with Gasteiger partial charge in [-0.3, -0.25) is 4.57 Å². The lowest BCUT2D eigenvalue weighted by Gasteiger charge is -2.06. The van der Waals surface area contributed by atoms with Crippen molar-refractivity contribution in [2.75, 3.05) is 13.2 Å². The van der Waals surface area contributed by atoms with E-state index in [1.807, 2.05) is 34.9 Å². The molecule has 5 nitrogen and oxygen atoms in total. The average molecular weight is 218 g/mol. The average Bonchev–Trinajstić information content (AvgIpc) is 2.79. The van der Waals surface area contributed by atoms with Crippen LogP contribution in [0.25, 0.3) is 5.69 Å². The first kappa shape index (κ1) is 10.8. The minimum atomic E-state index is 0.423. The van der Waals surface area contributed by atoms with Crippen molar-refractivity contribution in [2.45, 2.75) is 6.61 Å². The second-order valence-electron chi connectivity index (χ2n) is 3.29. The van der Waals surface area contributed by atoms with E-state index in [-0.39, 0.29) is 0 Å². The van der Waals surface area contributed by atoms with Gasteiger partial charge in [0.2, 0.25) is 0 Å². The van der Waals surface area contributed by atoms with E-state index in [0.717, 1.165) is 11.5 Å². The Morgan fingerprint density at radius 1 is 1.25 bits per heavy atom. The van der Waals surface area contributed by atoms with Gasteiger partial charge in [0, 0.05) is 12.2 Å². The molecule has 2 aromatic rings. The van der Waals surface area contributed by atoms with Crippen LogP contribution < -0.4 is 5.73 Å². The zero-order chi connectivity index (χ0) is 11.2. The molecule has 0 atom stereocenters. The molecule has 0 saturated carbocycles. The van der Waals surface area contributed by atoms with Gasteiger partial charge in [0.05, 0.1) is 6.61 Å². The smallest absolute Gasteiger partial charge is 0.163 e. The van der Waals surface area contributed by atoms with Gasteiger partial charge in [0.25, 0.3) is 0 Å². The standard InChI is InChI=1S/C11H14N4O/c12-6-7-16-8-11-14-13-9-15(11)10-4-2-1-3-5-10/h1-5,9H,6-8,12H2. The van der Waals surface area contributed by atoms with Crippen molar-refractivity contribution in [3.8, 4) is 5.69 Å². The summed E-state index contributed by atoms with van der Waals surface area (Å²) < 4.78 is 7.24. The molecule has 0 radical (unpaired) electrons. The van der Waals surface area contributed by atoms with Crippen LogP contribution in [0.1, 0.15) is 5.82 Å². The van der Waals surface area contributed by atoms with Gasteiger partial charge < -0.3 is 10.5 Å². The van der Waals surface area contributed by atoms with Crippen LogP contribution >= 0.6 is 0 Å². The summed E-state index contributed by atoms with van der Waals surface area (Å²) in [7, 11) is 0. The van der Waals surface area contributed by atoms with Gasteiger partial charge in [-0.15, -0.1) is 10.2 Å². The van der Waals surface area contributed by atoms with E-state index in [0.29, 0.717) is 19.8 Å². The quantitative estimate of drug-likeness (QED) is 0.752. The predicted octanol–water partition coefficient (Wildman–Crippen LogP) is 0.743. The fraction of sp³-hybridized carbons (Fsp3) is 0.273. The lowest BCUT2D eigenvalue weighted by Crippen LogP contribution is -2.10. The van der Waals surface area contributed by atoms with Crippen LogP contribution in [0.15, 0.2) is 36.7 Å². The van der Waals surface area contributed by atoms with Crippen LogP contribution in [0.4, 0.5) is 0 Å². The fourth-order valence-corrected chi connectivity index (χ4v) is 1.41. The predicted molar refractivity (Wildman–Crippen MR) is 60.1 cm³/mol. The second kappa shape index (κ2) is 5.39. The SMILES string of the molecule is NCCOCc1nncn1-c1ccccc1. The Kier molecular flexibility index (Phi) is 3.63. The van der Waals surface area contributed by atoms with Gasteiger partial charge in [0.15, 0.2) is 5.82 Å². The van der Waals surface area contributed by atoms with Crippen LogP contribution in [0.5, 0.6) is 0 Å². The zero-order valence-corrected chi connectivity index (χ0v) is 8.91. The molecule has 16 heavy (non-hydrogen) atoms. The lowest BCUT2D eigenvalue weighted by molar-refractivity contribution is 0.121. The molecule has 0 bridgehead atoms. The number of hydrogen-bond donors (Lipinski definition) is 1. The second-order valence-corrected chi connectivity index (χ2v) is 3.29. The van der Waals surface area contributed by atoms with E-state index in [9.17, 15) is 0 Å². The Morgan fingerprint density at radius 3 is 2.81 bits per heavy atom. The highest BCUT2D eigenvalue weighted by Gasteiger charge is 2.05. The summed E-state index contributed by atoms with van der Waals surface area (Å²) in [6.45, 7) is 1.47. The molecule has 0 aliphatic carbocycles. The first-order valence-electron chi connectivity index (χ1n) is 5.14. The molecule has 0 fully saturated rings. The highest BCUT2D eigenvalue weighted by molar-refractivity contribution is 5.31. The van der Waals surface area contributed by atoms with E-state index in [4.69, 9.17) is 10.5 Å². The minimum Gasteiger partial charge on any atom is -0.372 e. The maximum Gasteiger partial charge on any atom is 0.163 e. The highest BCUT2D eigenvalue weighted by atomic mass is 16.5. The maximum atomic E-state index is 5.35. The third-order valence-electron chi connectivity index (χ3n) is 2.15. The molecule has 1 heterocycles. The Morgan fingerprint density at radius 2 is 2.06 bits per heavy atom. The topological polar surface area (TPSA) is 66.0 Å². The lowest BCUT2D eigenvalue weighted by atomic mass is 10.3. The van der Waals surface area contributed by atoms with Crippen LogP contribution in [0.3, 0.4) is 0 Å². The minimum absolute atomic E-state index is 0.423. The summed E-state index contributed by atoms with van der Waals surface area (Å²) in [5, 5.41) is 7.89. The molecular weight excluding hydrogens is 204 g/mol. The van der Waals surface area contributed by atoms with Crippen LogP contribution in [-0.2, 0) is 11.3 Å². The molecule has 2 rings (SSSR count). The third kappa shape index (κ3) is 2.44. The largest absolute Gasteiger partial charge is 0.372 e. The van der Waals surface area contributed by atoms with Crippen molar-refractivity contribution in [1.29, 1.82) is 0 Å². The zero-order valence-electron chi connectivity index (χ0n) is 8.91. The van der Waals surface area contributed by atoms with E-state index >= 15 is 0 Å². The summed E-state index contributed by atoms with van der Waals surface area (Å²) in [5.41, 5.74) is 6.38. The molecule has 84 valence electrons. The Hall–Kier alpha value is -1.72. The van der Waals surface area contributed by atoms with E-state index in [2.05, 4.69) is 10.2 Å². The number of rotatable bonds is 5. The summed E-state index contributed by atoms with van der Waals surface area (Å²) in [6.07, 6.45) is 1.68. The summed E-state index contributed by atoms with van der Waals surface area (Å²) in [5.74, 6) is 0.777. The van der Waals surface area contributed by atoms with Crippen LogP contribution in [-0.4, -0.2) is 27.9 Å². The Labute approximate surface area is 93.9 Å². The van der Waals surface area contributed by atoms with Gasteiger partial charge in [-0.2, -0.15) is 0 Å². The van der Waals surface area contributed by atoms with Crippen molar-refractivity contribution in [3.63, 3.8) is 0 Å². The number of aromatic nitrogens is 3. The van der Waals surface area contributed by atoms with Crippen LogP contribution in [0.2, 0.25) is 0 Å². The monoisotopic (exact) mass is 218 g/mol. The van der Waals surface area contributed by atoms with Gasteiger partial charge >= 0.3 is 0 Å². The first-order valence-corrected chi connectivity index (χ1v) is 5.14. The number of nitrogens with zero attached hydrogens (tertiary/aromatic N) is 3. The van der Waals surface area contributed by atoms with Crippen molar-refractivity contribution in [1.82, 2.24) is 14.8 Å². The Bertz CT molecular complexity index is 427. The molecular formula is C11H14N4O. The molecule has 2 N–H and O–H groups in total. The molecule has 0 spiro atoms. The molecule has 0 saturated heterocycles. The van der Waals surface area contributed by atoms with Gasteiger partial charge in [-0.1, -0.05) is 18.2 Å². The normalized spacial score (nSPS) is 10.6. The number of nitrogens with two attached hydrogens (primary N) is 1. The van der Waals surface area contributed by atoms with Crippen LogP contribution in [0, 0.1) is 0 Å². The van der Waals surface area contributed by atoms with Crippen molar-refractivity contribution >= 4 is 0 Å². The van der Waals surface area contributed by atoms with Crippen molar-refractivity contribution in [3.05, 3.63) is 42.5 Å². The maximum absolute atomic E-state index is 5.35. The van der Waals surface area contributed by atoms with Gasteiger partial charge in [-0.25, -0.2) is 0 Å². The van der Waals surface area contributed by atoms with E-state index in [1.165, 1.54) is 0 Å². The van der Waals surface area contributed by atoms with Gasteiger partial charge in [0.1, 0.15) is 12.9 Å². The molecule has 0 aliphatic heterocycles. The van der Waals surface area contributed by atoms with E-state index in [1.54, 1.807) is 6.33 Å². The van der Waals surface area contributed by atoms with E-state index < -0.39 is 0 Å². The first-order chi connectivity index (χ1) is 7.92. The summed E-state index contributed by atoms with van der Waals surface area (Å²) in [4.78, 5) is 0. The molecule has 1 aromatic carbocycles. The number of benzene rings is 1. The molecule has 0 amide bonds. The summed E-state index contributed by atoms with van der Waals surface area (Å²) in [6, 6.07) is 9.91. The molecule has 5 heteroatoms. The fourth-order valence-electron chi connectivity index (χ4n) is 1.41. The molecule has 0 unspecified atom stereocenters. The van der Waals surface area contributed by atoms with Crippen molar-refractivity contribution in [2.24, 2.45) is 5.73 Å². The number of ether oxygens (including phenoxy) is 1. The van der Waals surface area contributed by atoms with Crippen molar-refractivity contribution < 1.29 is 4.74 Å². The molecule has 0 aliphatic rings. The number of hydrogen-bond acceptors (Lipinski definition) is 4. The van der Waals surface area contributed by atoms with Gasteiger partial charge in [-0.05, 0) is 12.1 Å². The molecule has 1 aromatic heterocycles. The third-order valence-corrected chi connectivity index (χ3v) is 2.15. The number of para-hydroxylation sites is 1.